The third kappa shape index (κ3) is 4.79. The summed E-state index contributed by atoms with van der Waals surface area (Å²) >= 11 is 6.09. The van der Waals surface area contributed by atoms with Gasteiger partial charge in [0.1, 0.15) is 5.75 Å². The van der Waals surface area contributed by atoms with Crippen LogP contribution in [0.3, 0.4) is 0 Å². The zero-order valence-electron chi connectivity index (χ0n) is 18.1. The first-order valence-electron chi connectivity index (χ1n) is 10.6. The number of nitrogens with one attached hydrogen (secondary N) is 3. The van der Waals surface area contributed by atoms with Crippen LogP contribution in [-0.4, -0.2) is 30.6 Å². The van der Waals surface area contributed by atoms with Gasteiger partial charge in [-0.05, 0) is 42.3 Å². The van der Waals surface area contributed by atoms with E-state index in [1.165, 1.54) is 16.5 Å². The van der Waals surface area contributed by atoms with E-state index in [0.717, 1.165) is 5.52 Å². The lowest BCUT2D eigenvalue weighted by Gasteiger charge is -2.21. The summed E-state index contributed by atoms with van der Waals surface area (Å²) in [5.41, 5.74) is 4.04. The first kappa shape index (κ1) is 21.9. The molecule has 4 rings (SSSR count). The average Bonchev–Trinajstić information content (AvgIpc) is 3.24. The number of hydrogen-bond acceptors (Lipinski definition) is 3. The fraction of sp³-hybridized carbons (Fsp3) is 0.192. The van der Waals surface area contributed by atoms with E-state index < -0.39 is 6.04 Å². The maximum atomic E-state index is 12.9. The van der Waals surface area contributed by atoms with E-state index in [0.29, 0.717) is 23.0 Å². The fourth-order valence-corrected chi connectivity index (χ4v) is 4.05. The van der Waals surface area contributed by atoms with E-state index in [9.17, 15) is 4.79 Å². The fourth-order valence-electron chi connectivity index (χ4n) is 3.88. The number of para-hydroxylation sites is 1. The van der Waals surface area contributed by atoms with Gasteiger partial charge in [-0.2, -0.15) is 0 Å². The molecule has 0 saturated carbocycles. The van der Waals surface area contributed by atoms with Gasteiger partial charge < -0.3 is 20.4 Å². The number of methoxy groups -OCH3 is 1. The Morgan fingerprint density at radius 2 is 1.81 bits per heavy atom. The second kappa shape index (κ2) is 9.90. The molecular weight excluding hydrogens is 422 g/mol. The summed E-state index contributed by atoms with van der Waals surface area (Å²) in [5, 5.41) is 8.04. The van der Waals surface area contributed by atoms with Crippen molar-refractivity contribution in [3.8, 4) is 5.75 Å². The van der Waals surface area contributed by atoms with Gasteiger partial charge >= 0.3 is 0 Å². The number of fused-ring (bicyclic) bond motifs is 1. The van der Waals surface area contributed by atoms with Gasteiger partial charge in [0.15, 0.2) is 0 Å². The van der Waals surface area contributed by atoms with Crippen LogP contribution < -0.4 is 15.4 Å². The van der Waals surface area contributed by atoms with E-state index in [1.54, 1.807) is 25.3 Å². The molecule has 0 aliphatic rings. The largest absolute Gasteiger partial charge is 0.495 e. The number of aromatic nitrogens is 1. The number of ether oxygens (including phenoxy) is 1. The Kier molecular flexibility index (Phi) is 6.78. The van der Waals surface area contributed by atoms with Crippen LogP contribution in [0.2, 0.25) is 5.02 Å². The van der Waals surface area contributed by atoms with Crippen LogP contribution in [-0.2, 0) is 4.79 Å². The zero-order valence-corrected chi connectivity index (χ0v) is 18.8. The summed E-state index contributed by atoms with van der Waals surface area (Å²) in [4.78, 5) is 16.2. The molecule has 0 aliphatic carbocycles. The molecular formula is C26H26ClN3O2. The lowest BCUT2D eigenvalue weighted by Crippen LogP contribution is -2.40. The van der Waals surface area contributed by atoms with Crippen LogP contribution in [0, 0.1) is 0 Å². The van der Waals surface area contributed by atoms with Crippen molar-refractivity contribution in [2.45, 2.75) is 18.9 Å². The highest BCUT2D eigenvalue weighted by atomic mass is 35.5. The summed E-state index contributed by atoms with van der Waals surface area (Å²) in [6.07, 6.45) is 2.06. The highest BCUT2D eigenvalue weighted by Gasteiger charge is 2.21. The molecule has 0 bridgehead atoms. The monoisotopic (exact) mass is 447 g/mol. The van der Waals surface area contributed by atoms with Gasteiger partial charge in [0.05, 0.1) is 18.8 Å². The number of hydrogen-bond donors (Lipinski definition) is 3. The van der Waals surface area contributed by atoms with E-state index in [-0.39, 0.29) is 11.8 Å². The van der Waals surface area contributed by atoms with Crippen molar-refractivity contribution >= 4 is 34.1 Å². The molecule has 6 heteroatoms. The Balaban J connectivity index is 1.52. The Hall–Kier alpha value is -3.28. The van der Waals surface area contributed by atoms with Crippen molar-refractivity contribution in [1.82, 2.24) is 10.3 Å². The topological polar surface area (TPSA) is 66.2 Å². The molecule has 0 radical (unpaired) electrons. The average molecular weight is 448 g/mol. The van der Waals surface area contributed by atoms with Gasteiger partial charge in [0.2, 0.25) is 5.91 Å². The van der Waals surface area contributed by atoms with Crippen LogP contribution in [0.25, 0.3) is 10.9 Å². The lowest BCUT2D eigenvalue weighted by atomic mass is 9.90. The number of halogens is 1. The Labute approximate surface area is 192 Å². The van der Waals surface area contributed by atoms with Gasteiger partial charge in [-0.3, -0.25) is 4.79 Å². The lowest BCUT2D eigenvalue weighted by molar-refractivity contribution is -0.117. The Bertz CT molecular complexity index is 1210. The maximum Gasteiger partial charge on any atom is 0.241 e. The third-order valence-electron chi connectivity index (χ3n) is 5.64. The van der Waals surface area contributed by atoms with Crippen molar-refractivity contribution < 1.29 is 9.53 Å². The van der Waals surface area contributed by atoms with Gasteiger partial charge in [-0.1, -0.05) is 60.1 Å². The molecule has 1 amide bonds. The Morgan fingerprint density at radius 1 is 1.06 bits per heavy atom. The first-order valence-corrected chi connectivity index (χ1v) is 10.9. The van der Waals surface area contributed by atoms with Gasteiger partial charge in [-0.15, -0.1) is 0 Å². The number of carbonyl (C=O) groups excluding carboxylic acids is 1. The van der Waals surface area contributed by atoms with Crippen molar-refractivity contribution in [2.24, 2.45) is 0 Å². The van der Waals surface area contributed by atoms with Crippen molar-refractivity contribution in [3.05, 3.63) is 95.1 Å². The minimum absolute atomic E-state index is 0.0864. The molecule has 1 aromatic heterocycles. The highest BCUT2D eigenvalue weighted by Crippen LogP contribution is 2.31. The number of carbonyl (C=O) groups is 1. The standard InChI is InChI=1S/C26H26ClN3O2/c1-17(26(31)30-24-14-19(27)12-13-25(24)32-2)28-15-21(18-8-4-3-5-9-18)22-16-29-23-11-7-6-10-20(22)23/h3-14,16-17,21,28-29H,15H2,1-2H3,(H,30,31)/t17-,21-/m0/s1. The number of anilines is 1. The smallest absolute Gasteiger partial charge is 0.241 e. The molecule has 0 aliphatic heterocycles. The summed E-state index contributed by atoms with van der Waals surface area (Å²) in [6.45, 7) is 2.46. The molecule has 164 valence electrons. The quantitative estimate of drug-likeness (QED) is 0.330. The number of H-pyrrole nitrogens is 1. The molecule has 0 spiro atoms. The first-order chi connectivity index (χ1) is 15.6. The molecule has 5 nitrogen and oxygen atoms in total. The normalized spacial score (nSPS) is 13.0. The molecule has 2 atom stereocenters. The predicted octanol–water partition coefficient (Wildman–Crippen LogP) is 5.58. The van der Waals surface area contributed by atoms with Crippen LogP contribution in [0.5, 0.6) is 5.75 Å². The van der Waals surface area contributed by atoms with E-state index >= 15 is 0 Å². The summed E-state index contributed by atoms with van der Waals surface area (Å²) < 4.78 is 5.33. The number of benzene rings is 3. The van der Waals surface area contributed by atoms with Crippen molar-refractivity contribution in [2.75, 3.05) is 19.0 Å². The minimum atomic E-state index is -0.421. The second-order valence-corrected chi connectivity index (χ2v) is 8.15. The van der Waals surface area contributed by atoms with Crippen LogP contribution in [0.15, 0.2) is 79.0 Å². The van der Waals surface area contributed by atoms with Gasteiger partial charge in [-0.25, -0.2) is 0 Å². The number of amides is 1. The molecule has 32 heavy (non-hydrogen) atoms. The summed E-state index contributed by atoms with van der Waals surface area (Å²) in [5.74, 6) is 0.496. The van der Waals surface area contributed by atoms with E-state index in [4.69, 9.17) is 16.3 Å². The molecule has 4 aromatic rings. The molecule has 3 N–H and O–H groups in total. The second-order valence-electron chi connectivity index (χ2n) is 7.72. The predicted molar refractivity (Wildman–Crippen MR) is 131 cm³/mol. The summed E-state index contributed by atoms with van der Waals surface area (Å²) in [7, 11) is 1.56. The van der Waals surface area contributed by atoms with Crippen molar-refractivity contribution in [3.63, 3.8) is 0 Å². The Morgan fingerprint density at radius 3 is 2.59 bits per heavy atom. The maximum absolute atomic E-state index is 12.9. The van der Waals surface area contributed by atoms with Crippen molar-refractivity contribution in [1.29, 1.82) is 0 Å². The summed E-state index contributed by atoms with van der Waals surface area (Å²) in [6, 6.07) is 23.3. The third-order valence-corrected chi connectivity index (χ3v) is 5.87. The number of rotatable bonds is 8. The minimum Gasteiger partial charge on any atom is -0.495 e. The van der Waals surface area contributed by atoms with E-state index in [1.807, 2.05) is 37.3 Å². The zero-order chi connectivity index (χ0) is 22.5. The molecule has 3 aromatic carbocycles. The van der Waals surface area contributed by atoms with Crippen LogP contribution in [0.4, 0.5) is 5.69 Å². The van der Waals surface area contributed by atoms with Gasteiger partial charge in [0.25, 0.3) is 0 Å². The van der Waals surface area contributed by atoms with Crippen LogP contribution >= 0.6 is 11.6 Å². The molecule has 1 heterocycles. The van der Waals surface area contributed by atoms with E-state index in [2.05, 4.69) is 46.1 Å². The highest BCUT2D eigenvalue weighted by molar-refractivity contribution is 6.31. The molecule has 0 fully saturated rings. The van der Waals surface area contributed by atoms with Crippen LogP contribution in [0.1, 0.15) is 24.0 Å². The number of aromatic amines is 1. The molecule has 0 unspecified atom stereocenters. The SMILES string of the molecule is COc1ccc(Cl)cc1NC(=O)[C@H](C)NC[C@@H](c1ccccc1)c1c[nH]c2ccccc12. The van der Waals surface area contributed by atoms with Gasteiger partial charge in [0, 0.05) is 34.6 Å². The molecule has 0 saturated heterocycles.